The van der Waals surface area contributed by atoms with Crippen LogP contribution in [0.2, 0.25) is 0 Å². The zero-order chi connectivity index (χ0) is 30.6. The summed E-state index contributed by atoms with van der Waals surface area (Å²) in [5.74, 6) is 0. The molecule has 0 amide bonds. The third-order valence-electron chi connectivity index (χ3n) is 9.19. The van der Waals surface area contributed by atoms with E-state index in [9.17, 15) is 0 Å². The van der Waals surface area contributed by atoms with Gasteiger partial charge in [-0.2, -0.15) is 0 Å². The van der Waals surface area contributed by atoms with Gasteiger partial charge in [0.1, 0.15) is 0 Å². The van der Waals surface area contributed by atoms with E-state index in [0.717, 1.165) is 22.5 Å². The fourth-order valence-corrected chi connectivity index (χ4v) is 7.13. The molecule has 1 atom stereocenters. The summed E-state index contributed by atoms with van der Waals surface area (Å²) in [7, 11) is 0. The number of hydrogen-bond donors (Lipinski definition) is 2. The van der Waals surface area contributed by atoms with Gasteiger partial charge in [0.05, 0.1) is 39.5 Å². The van der Waals surface area contributed by atoms with Gasteiger partial charge in [0, 0.05) is 38.8 Å². The van der Waals surface area contributed by atoms with E-state index >= 15 is 0 Å². The zero-order valence-corrected chi connectivity index (χ0v) is 25.1. The lowest BCUT2D eigenvalue weighted by atomic mass is 10.0. The number of nitrogens with one attached hydrogen (secondary N) is 2. The Morgan fingerprint density at radius 3 is 2.04 bits per heavy atom. The highest BCUT2D eigenvalue weighted by Crippen LogP contribution is 2.41. The van der Waals surface area contributed by atoms with Crippen LogP contribution in [0, 0.1) is 5.41 Å². The van der Waals surface area contributed by atoms with Gasteiger partial charge in [-0.1, -0.05) is 121 Å². The summed E-state index contributed by atoms with van der Waals surface area (Å²) in [6.45, 7) is 0. The Labute approximate surface area is 266 Å². The smallest absolute Gasteiger partial charge is 0.0866 e. The Morgan fingerprint density at radius 1 is 0.587 bits per heavy atom. The molecule has 0 radical (unpaired) electrons. The highest BCUT2D eigenvalue weighted by Gasteiger charge is 2.20. The van der Waals surface area contributed by atoms with Crippen molar-refractivity contribution in [3.63, 3.8) is 0 Å². The number of aromatic nitrogens is 2. The Balaban J connectivity index is 1.37. The molecule has 8 aromatic rings. The summed E-state index contributed by atoms with van der Waals surface area (Å²) < 4.78 is 4.72. The molecule has 0 spiro atoms. The second kappa shape index (κ2) is 10.5. The Hall–Kier alpha value is -6.13. The number of para-hydroxylation sites is 3. The lowest BCUT2D eigenvalue weighted by Crippen LogP contribution is -2.33. The van der Waals surface area contributed by atoms with E-state index in [2.05, 4.69) is 148 Å². The minimum atomic E-state index is -0.218. The van der Waals surface area contributed by atoms with Crippen molar-refractivity contribution < 1.29 is 0 Å². The number of allylic oxidation sites excluding steroid dienone is 2. The van der Waals surface area contributed by atoms with E-state index in [1.165, 1.54) is 48.9 Å². The van der Waals surface area contributed by atoms with Crippen LogP contribution in [0.15, 0.2) is 158 Å². The number of rotatable bonds is 5. The van der Waals surface area contributed by atoms with Crippen LogP contribution < -0.4 is 5.32 Å². The number of benzene rings is 6. The molecule has 4 heteroatoms. The largest absolute Gasteiger partial charge is 0.372 e. The van der Waals surface area contributed by atoms with Gasteiger partial charge in [-0.05, 0) is 47.4 Å². The lowest BCUT2D eigenvalue weighted by Gasteiger charge is -2.21. The fourth-order valence-electron chi connectivity index (χ4n) is 7.13. The van der Waals surface area contributed by atoms with Crippen molar-refractivity contribution in [1.29, 1.82) is 5.41 Å². The summed E-state index contributed by atoms with van der Waals surface area (Å²) in [6.07, 6.45) is 10.0. The van der Waals surface area contributed by atoms with Crippen LogP contribution in [0.3, 0.4) is 0 Å². The van der Waals surface area contributed by atoms with Crippen molar-refractivity contribution in [2.45, 2.75) is 6.04 Å². The minimum Gasteiger partial charge on any atom is -0.372 e. The molecule has 9 rings (SSSR count). The Kier molecular flexibility index (Phi) is 6.00. The van der Waals surface area contributed by atoms with Crippen molar-refractivity contribution in [2.24, 2.45) is 0 Å². The molecule has 2 N–H and O–H groups in total. The van der Waals surface area contributed by atoms with Crippen molar-refractivity contribution in [3.05, 3.63) is 163 Å². The van der Waals surface area contributed by atoms with Gasteiger partial charge >= 0.3 is 0 Å². The maximum Gasteiger partial charge on any atom is 0.0866 e. The van der Waals surface area contributed by atoms with Gasteiger partial charge in [0.15, 0.2) is 0 Å². The molecule has 2 heterocycles. The van der Waals surface area contributed by atoms with Gasteiger partial charge in [0.25, 0.3) is 0 Å². The molecule has 1 aliphatic rings. The molecule has 6 aromatic carbocycles. The molecule has 0 saturated heterocycles. The zero-order valence-electron chi connectivity index (χ0n) is 25.1. The van der Waals surface area contributed by atoms with Crippen molar-refractivity contribution in [1.82, 2.24) is 14.5 Å². The third-order valence-corrected chi connectivity index (χ3v) is 9.19. The lowest BCUT2D eigenvalue weighted by molar-refractivity contribution is 0.890. The second-order valence-corrected chi connectivity index (χ2v) is 11.8. The normalized spacial score (nSPS) is 15.2. The highest BCUT2D eigenvalue weighted by molar-refractivity contribution is 6.28. The third kappa shape index (κ3) is 4.04. The van der Waals surface area contributed by atoms with Crippen molar-refractivity contribution in [2.75, 3.05) is 0 Å². The molecular formula is C42H30N4. The summed E-state index contributed by atoms with van der Waals surface area (Å²) >= 11 is 0. The van der Waals surface area contributed by atoms with Crippen LogP contribution in [0.25, 0.3) is 72.0 Å². The molecule has 0 fully saturated rings. The van der Waals surface area contributed by atoms with E-state index in [4.69, 9.17) is 5.41 Å². The van der Waals surface area contributed by atoms with Gasteiger partial charge < -0.3 is 19.9 Å². The summed E-state index contributed by atoms with van der Waals surface area (Å²) in [4.78, 5) is 0. The topological polar surface area (TPSA) is 45.7 Å². The SMILES string of the molecule is N=C1C=CC=CC1N/C(=C/n1c2ccccc2c2ccc3c(ccc4c3c3ccccc3n4-c3ccccc3)c21)c1ccccc1. The summed E-state index contributed by atoms with van der Waals surface area (Å²) in [6, 6.07) is 47.4. The predicted octanol–water partition coefficient (Wildman–Crippen LogP) is 10.1. The molecule has 0 bridgehead atoms. The minimum absolute atomic E-state index is 0.218. The first kappa shape index (κ1) is 26.3. The van der Waals surface area contributed by atoms with E-state index in [0.29, 0.717) is 5.71 Å². The van der Waals surface area contributed by atoms with Gasteiger partial charge in [-0.15, -0.1) is 0 Å². The van der Waals surface area contributed by atoms with Crippen LogP contribution in [0.4, 0.5) is 0 Å². The summed E-state index contributed by atoms with van der Waals surface area (Å²) in [5, 5.41) is 19.6. The maximum absolute atomic E-state index is 8.59. The first-order valence-electron chi connectivity index (χ1n) is 15.7. The van der Waals surface area contributed by atoms with E-state index in [-0.39, 0.29) is 6.04 Å². The molecule has 2 aromatic heterocycles. The Morgan fingerprint density at radius 2 is 1.24 bits per heavy atom. The average Bonchev–Trinajstić information content (AvgIpc) is 3.62. The molecule has 218 valence electrons. The molecule has 0 aliphatic heterocycles. The average molecular weight is 591 g/mol. The van der Waals surface area contributed by atoms with E-state index in [1.54, 1.807) is 0 Å². The molecule has 1 unspecified atom stereocenters. The van der Waals surface area contributed by atoms with E-state index < -0.39 is 0 Å². The molecule has 46 heavy (non-hydrogen) atoms. The van der Waals surface area contributed by atoms with Crippen LogP contribution in [-0.2, 0) is 0 Å². The van der Waals surface area contributed by atoms with Crippen LogP contribution in [-0.4, -0.2) is 20.9 Å². The standard InChI is InChI=1S/C42H30N4/c43-35-19-9-10-20-36(35)44-37(28-13-3-1-4-14-28)27-45-38-21-11-7-17-30(38)32-24-23-31-33(42(32)45)25-26-40-41(31)34-18-8-12-22-39(34)46(40)29-15-5-2-6-16-29/h1-27,36,43-44H/b37-27+,43-35?. The maximum atomic E-state index is 8.59. The predicted molar refractivity (Wildman–Crippen MR) is 195 cm³/mol. The van der Waals surface area contributed by atoms with Gasteiger partial charge in [-0.3, -0.25) is 0 Å². The summed E-state index contributed by atoms with van der Waals surface area (Å²) in [5.41, 5.74) is 8.41. The molecule has 1 aliphatic carbocycles. The fraction of sp³-hybridized carbons (Fsp3) is 0.0238. The van der Waals surface area contributed by atoms with Crippen molar-refractivity contribution >= 4 is 72.0 Å². The number of hydrogen-bond acceptors (Lipinski definition) is 2. The van der Waals surface area contributed by atoms with Crippen LogP contribution >= 0.6 is 0 Å². The Bertz CT molecular complexity index is 2560. The molecule has 4 nitrogen and oxygen atoms in total. The first-order valence-corrected chi connectivity index (χ1v) is 15.7. The number of fused-ring (bicyclic) bond motifs is 9. The second-order valence-electron chi connectivity index (χ2n) is 11.8. The quantitative estimate of drug-likeness (QED) is 0.206. The van der Waals surface area contributed by atoms with Gasteiger partial charge in [0.2, 0.25) is 0 Å². The number of nitrogens with zero attached hydrogens (tertiary/aromatic N) is 2. The first-order chi connectivity index (χ1) is 22.8. The van der Waals surface area contributed by atoms with Crippen LogP contribution in [0.1, 0.15) is 5.56 Å². The highest BCUT2D eigenvalue weighted by atomic mass is 15.0. The monoisotopic (exact) mass is 590 g/mol. The van der Waals surface area contributed by atoms with Crippen LogP contribution in [0.5, 0.6) is 0 Å². The van der Waals surface area contributed by atoms with Crippen molar-refractivity contribution in [3.8, 4) is 5.69 Å². The van der Waals surface area contributed by atoms with Gasteiger partial charge in [-0.25, -0.2) is 0 Å². The van der Waals surface area contributed by atoms with E-state index in [1.807, 2.05) is 30.4 Å². The molecular weight excluding hydrogens is 560 g/mol. The molecule has 0 saturated carbocycles.